The number of nitrogens with zero attached hydrogens (tertiary/aromatic N) is 2. The van der Waals surface area contributed by atoms with Crippen LogP contribution < -0.4 is 15.4 Å². The van der Waals surface area contributed by atoms with Crippen molar-refractivity contribution in [2.75, 3.05) is 19.0 Å². The summed E-state index contributed by atoms with van der Waals surface area (Å²) in [4.78, 5) is 17.1. The van der Waals surface area contributed by atoms with Crippen LogP contribution in [0.4, 0.5) is 10.5 Å². The number of rotatable bonds is 6. The molecule has 0 unspecified atom stereocenters. The van der Waals surface area contributed by atoms with Gasteiger partial charge in [-0.15, -0.1) is 0 Å². The van der Waals surface area contributed by atoms with Crippen molar-refractivity contribution in [2.24, 2.45) is 0 Å². The summed E-state index contributed by atoms with van der Waals surface area (Å²) in [5.41, 5.74) is 3.65. The highest BCUT2D eigenvalue weighted by atomic mass is 16.5. The molecule has 4 rings (SSSR count). The molecule has 1 aromatic heterocycles. The predicted molar refractivity (Wildman–Crippen MR) is 115 cm³/mol. The minimum atomic E-state index is -0.278. The molecule has 0 saturated heterocycles. The highest BCUT2D eigenvalue weighted by Crippen LogP contribution is 2.25. The van der Waals surface area contributed by atoms with Crippen LogP contribution in [-0.2, 0) is 6.54 Å². The Balaban J connectivity index is 1.49. The van der Waals surface area contributed by atoms with E-state index in [1.165, 1.54) is 0 Å². The van der Waals surface area contributed by atoms with Gasteiger partial charge >= 0.3 is 6.03 Å². The van der Waals surface area contributed by atoms with Crippen LogP contribution in [0.25, 0.3) is 22.4 Å². The summed E-state index contributed by atoms with van der Waals surface area (Å²) in [5, 5.41) is 5.73. The molecule has 0 atom stereocenters. The van der Waals surface area contributed by atoms with Gasteiger partial charge in [0.15, 0.2) is 0 Å². The Bertz CT molecular complexity index is 1120. The molecule has 0 aliphatic rings. The maximum absolute atomic E-state index is 12.3. The number of hydrogen-bond donors (Lipinski definition) is 2. The van der Waals surface area contributed by atoms with Gasteiger partial charge < -0.3 is 19.9 Å². The largest absolute Gasteiger partial charge is 0.495 e. The number of para-hydroxylation sites is 4. The third-order valence-corrected chi connectivity index (χ3v) is 4.66. The van der Waals surface area contributed by atoms with Crippen molar-refractivity contribution in [2.45, 2.75) is 6.54 Å². The summed E-state index contributed by atoms with van der Waals surface area (Å²) in [6.45, 7) is 1.06. The molecule has 6 nitrogen and oxygen atoms in total. The van der Waals surface area contributed by atoms with Crippen LogP contribution >= 0.6 is 0 Å². The van der Waals surface area contributed by atoms with Gasteiger partial charge in [-0.25, -0.2) is 9.78 Å². The molecule has 4 aromatic rings. The van der Waals surface area contributed by atoms with Crippen molar-refractivity contribution in [3.05, 3.63) is 78.9 Å². The zero-order valence-electron chi connectivity index (χ0n) is 16.1. The number of fused-ring (bicyclic) bond motifs is 1. The summed E-state index contributed by atoms with van der Waals surface area (Å²) in [6.07, 6.45) is 0. The molecular formula is C23H22N4O2. The molecule has 0 bridgehead atoms. The van der Waals surface area contributed by atoms with Gasteiger partial charge in [0.25, 0.3) is 0 Å². The van der Waals surface area contributed by atoms with Crippen LogP contribution in [0.1, 0.15) is 0 Å². The number of methoxy groups -OCH3 is 1. The van der Waals surface area contributed by atoms with E-state index in [9.17, 15) is 4.79 Å². The molecule has 29 heavy (non-hydrogen) atoms. The van der Waals surface area contributed by atoms with E-state index < -0.39 is 0 Å². The van der Waals surface area contributed by atoms with Crippen LogP contribution in [0.2, 0.25) is 0 Å². The number of carbonyl (C=O) groups is 1. The number of aromatic nitrogens is 2. The minimum Gasteiger partial charge on any atom is -0.495 e. The summed E-state index contributed by atoms with van der Waals surface area (Å²) in [7, 11) is 1.58. The van der Waals surface area contributed by atoms with Gasteiger partial charge in [0.1, 0.15) is 11.6 Å². The summed E-state index contributed by atoms with van der Waals surface area (Å²) in [6, 6.07) is 25.1. The molecular weight excluding hydrogens is 364 g/mol. The second-order valence-electron chi connectivity index (χ2n) is 6.52. The number of benzene rings is 3. The summed E-state index contributed by atoms with van der Waals surface area (Å²) in [5.74, 6) is 1.51. The van der Waals surface area contributed by atoms with Crippen molar-refractivity contribution >= 4 is 22.8 Å². The first-order valence-corrected chi connectivity index (χ1v) is 9.45. The van der Waals surface area contributed by atoms with Gasteiger partial charge in [-0.2, -0.15) is 0 Å². The Hall–Kier alpha value is -3.80. The third kappa shape index (κ3) is 4.06. The van der Waals surface area contributed by atoms with Crippen LogP contribution in [0.3, 0.4) is 0 Å². The Kier molecular flexibility index (Phi) is 5.42. The zero-order valence-corrected chi connectivity index (χ0v) is 16.1. The van der Waals surface area contributed by atoms with E-state index in [2.05, 4.69) is 15.2 Å². The lowest BCUT2D eigenvalue weighted by atomic mass is 10.2. The van der Waals surface area contributed by atoms with Crippen LogP contribution in [0, 0.1) is 0 Å². The third-order valence-electron chi connectivity index (χ3n) is 4.66. The molecule has 0 aliphatic carbocycles. The Labute approximate surface area is 169 Å². The first-order valence-electron chi connectivity index (χ1n) is 9.45. The van der Waals surface area contributed by atoms with Crippen molar-refractivity contribution in [1.82, 2.24) is 14.9 Å². The monoisotopic (exact) mass is 386 g/mol. The number of imidazole rings is 1. The second kappa shape index (κ2) is 8.48. The molecule has 0 fully saturated rings. The Morgan fingerprint density at radius 2 is 1.69 bits per heavy atom. The first-order chi connectivity index (χ1) is 14.3. The molecule has 1 heterocycles. The van der Waals surface area contributed by atoms with E-state index >= 15 is 0 Å². The number of amides is 2. The van der Waals surface area contributed by atoms with Crippen LogP contribution in [-0.4, -0.2) is 29.2 Å². The van der Waals surface area contributed by atoms with E-state index in [-0.39, 0.29) is 6.03 Å². The molecule has 0 saturated carbocycles. The number of carbonyl (C=O) groups excluding carboxylic acids is 1. The molecule has 146 valence electrons. The van der Waals surface area contributed by atoms with Crippen molar-refractivity contribution in [3.8, 4) is 17.1 Å². The maximum atomic E-state index is 12.3. The molecule has 6 heteroatoms. The van der Waals surface area contributed by atoms with Gasteiger partial charge in [0.2, 0.25) is 0 Å². The second-order valence-corrected chi connectivity index (χ2v) is 6.52. The topological polar surface area (TPSA) is 68.2 Å². The van der Waals surface area contributed by atoms with E-state index in [0.29, 0.717) is 24.5 Å². The van der Waals surface area contributed by atoms with Crippen LogP contribution in [0.5, 0.6) is 5.75 Å². The van der Waals surface area contributed by atoms with Crippen molar-refractivity contribution in [1.29, 1.82) is 0 Å². The lowest BCUT2D eigenvalue weighted by Crippen LogP contribution is -2.31. The summed E-state index contributed by atoms with van der Waals surface area (Å²) >= 11 is 0. The fraction of sp³-hybridized carbons (Fsp3) is 0.130. The first kappa shape index (κ1) is 18.6. The van der Waals surface area contributed by atoms with Gasteiger partial charge in [-0.1, -0.05) is 54.6 Å². The molecule has 3 aromatic carbocycles. The standard InChI is InChI=1S/C23H22N4O2/c1-29-21-14-8-6-12-19(21)26-23(28)24-15-16-27-20-13-7-5-11-18(20)25-22(27)17-9-3-2-4-10-17/h2-14H,15-16H2,1H3,(H2,24,26,28). The van der Waals surface area contributed by atoms with Gasteiger partial charge in [-0.05, 0) is 24.3 Å². The molecule has 2 amide bonds. The molecule has 2 N–H and O–H groups in total. The van der Waals surface area contributed by atoms with E-state index in [1.54, 1.807) is 19.2 Å². The minimum absolute atomic E-state index is 0.278. The zero-order chi connectivity index (χ0) is 20.1. The highest BCUT2D eigenvalue weighted by Gasteiger charge is 2.12. The van der Waals surface area contributed by atoms with Crippen LogP contribution in [0.15, 0.2) is 78.9 Å². The van der Waals surface area contributed by atoms with E-state index in [0.717, 1.165) is 22.4 Å². The van der Waals surface area contributed by atoms with Gasteiger partial charge in [0.05, 0.1) is 23.8 Å². The number of hydrogen-bond acceptors (Lipinski definition) is 3. The SMILES string of the molecule is COc1ccccc1NC(=O)NCCn1c(-c2ccccc2)nc2ccccc21. The lowest BCUT2D eigenvalue weighted by Gasteiger charge is -2.13. The highest BCUT2D eigenvalue weighted by molar-refractivity contribution is 5.90. The van der Waals surface area contributed by atoms with Crippen molar-refractivity contribution in [3.63, 3.8) is 0 Å². The number of urea groups is 1. The normalized spacial score (nSPS) is 10.7. The average molecular weight is 386 g/mol. The number of ether oxygens (including phenoxy) is 1. The molecule has 0 radical (unpaired) electrons. The smallest absolute Gasteiger partial charge is 0.319 e. The van der Waals surface area contributed by atoms with Gasteiger partial charge in [0, 0.05) is 18.7 Å². The Morgan fingerprint density at radius 3 is 2.52 bits per heavy atom. The summed E-state index contributed by atoms with van der Waals surface area (Å²) < 4.78 is 7.40. The number of nitrogens with one attached hydrogen (secondary N) is 2. The molecule has 0 spiro atoms. The number of anilines is 1. The van der Waals surface area contributed by atoms with Crippen molar-refractivity contribution < 1.29 is 9.53 Å². The fourth-order valence-electron chi connectivity index (χ4n) is 3.31. The average Bonchev–Trinajstić information content (AvgIpc) is 3.13. The lowest BCUT2D eigenvalue weighted by molar-refractivity contribution is 0.251. The van der Waals surface area contributed by atoms with E-state index in [4.69, 9.17) is 9.72 Å². The maximum Gasteiger partial charge on any atom is 0.319 e. The van der Waals surface area contributed by atoms with Gasteiger partial charge in [-0.3, -0.25) is 0 Å². The fourth-order valence-corrected chi connectivity index (χ4v) is 3.31. The predicted octanol–water partition coefficient (Wildman–Crippen LogP) is 4.53. The molecule has 0 aliphatic heterocycles. The Morgan fingerprint density at radius 1 is 0.966 bits per heavy atom. The quantitative estimate of drug-likeness (QED) is 0.511. The van der Waals surface area contributed by atoms with E-state index in [1.807, 2.05) is 66.7 Å².